The maximum atomic E-state index is 5.87. The summed E-state index contributed by atoms with van der Waals surface area (Å²) >= 11 is 0. The Balaban J connectivity index is 2.13. The maximum absolute atomic E-state index is 5.87. The number of aryl methyl sites for hydroxylation is 2. The molecule has 4 heteroatoms. The van der Waals surface area contributed by atoms with Gasteiger partial charge < -0.3 is 14.7 Å². The Labute approximate surface area is 105 Å². The summed E-state index contributed by atoms with van der Waals surface area (Å²) in [7, 11) is 0. The van der Waals surface area contributed by atoms with Crippen molar-refractivity contribution in [2.24, 2.45) is 0 Å². The summed E-state index contributed by atoms with van der Waals surface area (Å²) in [6, 6.07) is 8.05. The highest BCUT2D eigenvalue weighted by Crippen LogP contribution is 2.26. The van der Waals surface area contributed by atoms with Crippen molar-refractivity contribution >= 4 is 16.9 Å². The van der Waals surface area contributed by atoms with Crippen LogP contribution in [0.2, 0.25) is 0 Å². The molecule has 2 N–H and O–H groups in total. The minimum absolute atomic E-state index is 0.539. The average Bonchev–Trinajstić information content (AvgIpc) is 2.84. The molecule has 0 unspecified atom stereocenters. The van der Waals surface area contributed by atoms with Crippen LogP contribution in [0.4, 0.5) is 5.95 Å². The summed E-state index contributed by atoms with van der Waals surface area (Å²) in [6.45, 7) is 4.68. The van der Waals surface area contributed by atoms with Crippen molar-refractivity contribution in [1.82, 2.24) is 9.55 Å². The minimum Gasteiger partial charge on any atom is -0.461 e. The van der Waals surface area contributed by atoms with Crippen LogP contribution in [-0.2, 0) is 6.54 Å². The first kappa shape index (κ1) is 10.9. The van der Waals surface area contributed by atoms with Gasteiger partial charge in [-0.15, -0.1) is 0 Å². The molecule has 0 radical (unpaired) electrons. The molecule has 1 aromatic carbocycles. The van der Waals surface area contributed by atoms with Crippen molar-refractivity contribution in [3.05, 3.63) is 47.5 Å². The molecule has 0 saturated heterocycles. The van der Waals surface area contributed by atoms with Gasteiger partial charge in [0.25, 0.3) is 0 Å². The monoisotopic (exact) mass is 241 g/mol. The molecule has 3 rings (SSSR count). The van der Waals surface area contributed by atoms with Crippen LogP contribution in [0, 0.1) is 13.8 Å². The molecule has 0 aliphatic carbocycles. The lowest BCUT2D eigenvalue weighted by Crippen LogP contribution is -2.06. The lowest BCUT2D eigenvalue weighted by molar-refractivity contribution is 0.568. The number of imidazole rings is 1. The summed E-state index contributed by atoms with van der Waals surface area (Å²) in [4.78, 5) is 4.12. The van der Waals surface area contributed by atoms with E-state index in [-0.39, 0.29) is 0 Å². The predicted molar refractivity (Wildman–Crippen MR) is 71.4 cm³/mol. The van der Waals surface area contributed by atoms with Crippen LogP contribution in [-0.4, -0.2) is 9.55 Å². The number of aromatic nitrogens is 2. The zero-order valence-corrected chi connectivity index (χ0v) is 10.5. The summed E-state index contributed by atoms with van der Waals surface area (Å²) in [5.74, 6) is 1.47. The molecular formula is C14H15N3O. The number of nitrogens with two attached hydrogens (primary N) is 1. The van der Waals surface area contributed by atoms with Crippen molar-refractivity contribution in [1.29, 1.82) is 0 Å². The van der Waals surface area contributed by atoms with E-state index in [0.29, 0.717) is 12.5 Å². The van der Waals surface area contributed by atoms with Crippen LogP contribution in [0.1, 0.15) is 17.0 Å². The Morgan fingerprint density at radius 1 is 1.28 bits per heavy atom. The fourth-order valence-corrected chi connectivity index (χ4v) is 2.26. The Morgan fingerprint density at radius 3 is 2.78 bits per heavy atom. The second-order valence-corrected chi connectivity index (χ2v) is 4.48. The SMILES string of the molecule is Cc1oc2ccccc2c1Cn1c(C)cnc1N. The van der Waals surface area contributed by atoms with Crippen molar-refractivity contribution < 1.29 is 4.42 Å². The lowest BCUT2D eigenvalue weighted by atomic mass is 10.1. The number of hydrogen-bond donors (Lipinski definition) is 1. The van der Waals surface area contributed by atoms with Gasteiger partial charge in [0.2, 0.25) is 5.95 Å². The number of fused-ring (bicyclic) bond motifs is 1. The first-order chi connectivity index (χ1) is 8.66. The first-order valence-electron chi connectivity index (χ1n) is 5.91. The predicted octanol–water partition coefficient (Wildman–Crippen LogP) is 2.88. The standard InChI is InChI=1S/C14H15N3O/c1-9-7-16-14(15)17(9)8-12-10(2)18-13-6-4-3-5-11(12)13/h3-7H,8H2,1-2H3,(H2,15,16). The molecule has 2 aromatic heterocycles. The zero-order chi connectivity index (χ0) is 12.7. The number of benzene rings is 1. The average molecular weight is 241 g/mol. The van der Waals surface area contributed by atoms with E-state index in [2.05, 4.69) is 11.1 Å². The van der Waals surface area contributed by atoms with Crippen LogP contribution < -0.4 is 5.73 Å². The molecule has 0 fully saturated rings. The fourth-order valence-electron chi connectivity index (χ4n) is 2.26. The highest BCUT2D eigenvalue weighted by atomic mass is 16.3. The topological polar surface area (TPSA) is 57.0 Å². The number of nitrogen functional groups attached to an aromatic ring is 1. The fraction of sp³-hybridized carbons (Fsp3) is 0.214. The van der Waals surface area contributed by atoms with Crippen LogP contribution >= 0.6 is 0 Å². The van der Waals surface area contributed by atoms with Gasteiger partial charge in [-0.2, -0.15) is 0 Å². The highest BCUT2D eigenvalue weighted by molar-refractivity contribution is 5.82. The largest absolute Gasteiger partial charge is 0.461 e. The summed E-state index contributed by atoms with van der Waals surface area (Å²) in [5.41, 5.74) is 9.01. The van der Waals surface area contributed by atoms with Crippen LogP contribution in [0.25, 0.3) is 11.0 Å². The third-order valence-electron chi connectivity index (χ3n) is 3.30. The van der Waals surface area contributed by atoms with Crippen LogP contribution in [0.15, 0.2) is 34.9 Å². The lowest BCUT2D eigenvalue weighted by Gasteiger charge is -2.06. The molecule has 0 bridgehead atoms. The molecule has 0 atom stereocenters. The van der Waals surface area contributed by atoms with E-state index in [1.807, 2.05) is 36.6 Å². The molecule has 4 nitrogen and oxygen atoms in total. The summed E-state index contributed by atoms with van der Waals surface area (Å²) < 4.78 is 7.74. The number of furan rings is 1. The van der Waals surface area contributed by atoms with Crippen LogP contribution in [0.5, 0.6) is 0 Å². The normalized spacial score (nSPS) is 11.2. The second-order valence-electron chi connectivity index (χ2n) is 4.48. The maximum Gasteiger partial charge on any atom is 0.200 e. The number of hydrogen-bond acceptors (Lipinski definition) is 3. The molecule has 0 aliphatic rings. The molecule has 92 valence electrons. The Morgan fingerprint density at radius 2 is 2.06 bits per heavy atom. The third-order valence-corrected chi connectivity index (χ3v) is 3.30. The number of para-hydroxylation sites is 1. The van der Waals surface area contributed by atoms with Gasteiger partial charge in [-0.1, -0.05) is 18.2 Å². The van der Waals surface area contributed by atoms with Gasteiger partial charge in [0.05, 0.1) is 12.7 Å². The number of anilines is 1. The van der Waals surface area contributed by atoms with Crippen molar-refractivity contribution in [3.8, 4) is 0 Å². The van der Waals surface area contributed by atoms with E-state index < -0.39 is 0 Å². The Hall–Kier alpha value is -2.23. The van der Waals surface area contributed by atoms with E-state index in [1.165, 1.54) is 5.56 Å². The number of nitrogens with zero attached hydrogens (tertiary/aromatic N) is 2. The third kappa shape index (κ3) is 1.57. The molecule has 3 aromatic rings. The smallest absolute Gasteiger partial charge is 0.200 e. The molecule has 2 heterocycles. The van der Waals surface area contributed by atoms with Gasteiger partial charge in [0, 0.05) is 16.6 Å². The van der Waals surface area contributed by atoms with Gasteiger partial charge in [-0.05, 0) is 19.9 Å². The molecule has 0 saturated carbocycles. The molecule has 18 heavy (non-hydrogen) atoms. The molecule has 0 amide bonds. The van der Waals surface area contributed by atoms with E-state index in [0.717, 1.165) is 22.4 Å². The highest BCUT2D eigenvalue weighted by Gasteiger charge is 2.13. The second kappa shape index (κ2) is 3.91. The van der Waals surface area contributed by atoms with E-state index >= 15 is 0 Å². The van der Waals surface area contributed by atoms with E-state index in [9.17, 15) is 0 Å². The van der Waals surface area contributed by atoms with Crippen LogP contribution in [0.3, 0.4) is 0 Å². The minimum atomic E-state index is 0.539. The van der Waals surface area contributed by atoms with Gasteiger partial charge >= 0.3 is 0 Å². The first-order valence-corrected chi connectivity index (χ1v) is 5.91. The Bertz CT molecular complexity index is 689. The van der Waals surface area contributed by atoms with Crippen molar-refractivity contribution in [3.63, 3.8) is 0 Å². The quantitative estimate of drug-likeness (QED) is 0.750. The van der Waals surface area contributed by atoms with Gasteiger partial charge in [-0.3, -0.25) is 0 Å². The zero-order valence-electron chi connectivity index (χ0n) is 10.5. The van der Waals surface area contributed by atoms with Crippen molar-refractivity contribution in [2.45, 2.75) is 20.4 Å². The number of rotatable bonds is 2. The molecular weight excluding hydrogens is 226 g/mol. The summed E-state index contributed by atoms with van der Waals surface area (Å²) in [6.07, 6.45) is 1.78. The van der Waals surface area contributed by atoms with E-state index in [1.54, 1.807) is 6.20 Å². The van der Waals surface area contributed by atoms with Gasteiger partial charge in [-0.25, -0.2) is 4.98 Å². The Kier molecular flexibility index (Phi) is 2.37. The van der Waals surface area contributed by atoms with Crippen molar-refractivity contribution in [2.75, 3.05) is 5.73 Å². The van der Waals surface area contributed by atoms with Gasteiger partial charge in [0.1, 0.15) is 11.3 Å². The summed E-state index contributed by atoms with van der Waals surface area (Å²) in [5, 5.41) is 1.14. The molecule has 0 spiro atoms. The van der Waals surface area contributed by atoms with Gasteiger partial charge in [0.15, 0.2) is 0 Å². The molecule has 0 aliphatic heterocycles. The van der Waals surface area contributed by atoms with E-state index in [4.69, 9.17) is 10.2 Å².